The van der Waals surface area contributed by atoms with Crippen LogP contribution < -0.4 is 0 Å². The number of nitrogens with zero attached hydrogens (tertiary/aromatic N) is 3. The summed E-state index contributed by atoms with van der Waals surface area (Å²) in [5, 5.41) is 0. The minimum absolute atomic E-state index is 0.0905. The van der Waals surface area contributed by atoms with Crippen LogP contribution in [-0.2, 0) is 23.5 Å². The van der Waals surface area contributed by atoms with Crippen molar-refractivity contribution in [1.29, 1.82) is 0 Å². The Morgan fingerprint density at radius 3 is 2.76 bits per heavy atom. The first-order chi connectivity index (χ1) is 9.91. The van der Waals surface area contributed by atoms with Crippen LogP contribution in [0.15, 0.2) is 35.5 Å². The molecule has 1 aliphatic rings. The molecule has 0 saturated carbocycles. The second-order valence-corrected chi connectivity index (χ2v) is 7.80. The quantitative estimate of drug-likeness (QED) is 0.709. The zero-order valence-electron chi connectivity index (χ0n) is 11.2. The van der Waals surface area contributed by atoms with Crippen molar-refractivity contribution in [3.8, 4) is 0 Å². The Kier molecular flexibility index (Phi) is 3.52. The number of rotatable bonds is 3. The minimum Gasteiger partial charge on any atom is -0.338 e. The molecular weight excluding hydrogens is 405 g/mol. The first-order valence-corrected chi connectivity index (χ1v) is 8.76. The van der Waals surface area contributed by atoms with Gasteiger partial charge in [0.2, 0.25) is 0 Å². The van der Waals surface area contributed by atoms with Crippen LogP contribution in [-0.4, -0.2) is 34.7 Å². The van der Waals surface area contributed by atoms with E-state index in [0.29, 0.717) is 6.42 Å². The summed E-state index contributed by atoms with van der Waals surface area (Å²) in [4.78, 5) is 16.6. The summed E-state index contributed by atoms with van der Waals surface area (Å²) in [6.45, 7) is 0.0945. The van der Waals surface area contributed by atoms with E-state index in [1.807, 2.05) is 11.6 Å². The highest BCUT2D eigenvalue weighted by atomic mass is 127. The fourth-order valence-corrected chi connectivity index (χ4v) is 4.36. The number of fused-ring (bicyclic) bond motifs is 1. The van der Waals surface area contributed by atoms with Crippen LogP contribution in [0.4, 0.5) is 0 Å². The molecule has 1 aliphatic heterocycles. The van der Waals surface area contributed by atoms with Gasteiger partial charge in [-0.1, -0.05) is 0 Å². The van der Waals surface area contributed by atoms with Gasteiger partial charge in [0.25, 0.3) is 15.9 Å². The molecule has 21 heavy (non-hydrogen) atoms. The van der Waals surface area contributed by atoms with Crippen molar-refractivity contribution in [2.45, 2.75) is 11.3 Å². The zero-order valence-corrected chi connectivity index (χ0v) is 14.1. The van der Waals surface area contributed by atoms with E-state index in [4.69, 9.17) is 0 Å². The summed E-state index contributed by atoms with van der Waals surface area (Å²) in [5.74, 6) is 0.279. The normalized spacial score (nSPS) is 16.3. The highest BCUT2D eigenvalue weighted by Crippen LogP contribution is 2.31. The summed E-state index contributed by atoms with van der Waals surface area (Å²) in [5.41, 5.74) is 0.252. The molecule has 0 N–H and O–H groups in total. The summed E-state index contributed by atoms with van der Waals surface area (Å²) in [6, 6.07) is 4.79. The van der Waals surface area contributed by atoms with Gasteiger partial charge in [-0.05, 0) is 40.8 Å². The number of carbonyl (C=O) groups excluding carboxylic acids is 1. The number of halogens is 1. The van der Waals surface area contributed by atoms with E-state index in [2.05, 4.69) is 27.6 Å². The number of aromatic nitrogens is 2. The number of hydrogen-bond acceptors (Lipinski definition) is 4. The molecule has 0 spiro atoms. The Labute approximate surface area is 136 Å². The zero-order chi connectivity index (χ0) is 15.2. The number of benzene rings is 1. The predicted molar refractivity (Wildman–Crippen MR) is 84.3 cm³/mol. The first kappa shape index (κ1) is 14.5. The van der Waals surface area contributed by atoms with E-state index >= 15 is 0 Å². The maximum atomic E-state index is 12.4. The lowest BCUT2D eigenvalue weighted by molar-refractivity contribution is 0.0871. The molecule has 2 aromatic rings. The van der Waals surface area contributed by atoms with Gasteiger partial charge in [-0.25, -0.2) is 17.7 Å². The molecule has 0 radical (unpaired) electrons. The van der Waals surface area contributed by atoms with E-state index in [-0.39, 0.29) is 17.0 Å². The Balaban J connectivity index is 1.91. The second-order valence-electron chi connectivity index (χ2n) is 4.73. The van der Waals surface area contributed by atoms with Crippen LogP contribution in [0.25, 0.3) is 0 Å². The number of amides is 1. The van der Waals surface area contributed by atoms with E-state index < -0.39 is 15.9 Å². The molecule has 0 saturated heterocycles. The lowest BCUT2D eigenvalue weighted by Crippen LogP contribution is -2.32. The Bertz CT molecular complexity index is 829. The van der Waals surface area contributed by atoms with Gasteiger partial charge >= 0.3 is 0 Å². The van der Waals surface area contributed by atoms with Crippen molar-refractivity contribution in [3.05, 3.63) is 45.6 Å². The average molecular weight is 417 g/mol. The fourth-order valence-electron chi connectivity index (χ4n) is 2.32. The highest BCUT2D eigenvalue weighted by molar-refractivity contribution is 14.1. The van der Waals surface area contributed by atoms with Crippen molar-refractivity contribution < 1.29 is 13.2 Å². The van der Waals surface area contributed by atoms with Crippen LogP contribution in [0.3, 0.4) is 0 Å². The first-order valence-electron chi connectivity index (χ1n) is 6.24. The summed E-state index contributed by atoms with van der Waals surface area (Å²) >= 11 is 2.06. The molecular formula is C13H12IN3O3S. The smallest absolute Gasteiger partial charge is 0.269 e. The van der Waals surface area contributed by atoms with Gasteiger partial charge in [-0.2, -0.15) is 0 Å². The third-order valence-electron chi connectivity index (χ3n) is 3.43. The molecule has 1 amide bonds. The third-order valence-corrected chi connectivity index (χ3v) is 5.94. The Morgan fingerprint density at radius 2 is 2.10 bits per heavy atom. The van der Waals surface area contributed by atoms with Crippen molar-refractivity contribution in [2.75, 3.05) is 6.54 Å². The Morgan fingerprint density at radius 1 is 1.33 bits per heavy atom. The molecule has 1 aromatic heterocycles. The third kappa shape index (κ3) is 2.35. The minimum atomic E-state index is -3.73. The van der Waals surface area contributed by atoms with Crippen molar-refractivity contribution in [1.82, 2.24) is 13.9 Å². The summed E-state index contributed by atoms with van der Waals surface area (Å²) < 4.78 is 28.4. The van der Waals surface area contributed by atoms with Gasteiger partial charge in [-0.15, -0.1) is 0 Å². The average Bonchev–Trinajstić information content (AvgIpc) is 2.90. The van der Waals surface area contributed by atoms with Crippen LogP contribution >= 0.6 is 22.6 Å². The molecule has 0 unspecified atom stereocenters. The van der Waals surface area contributed by atoms with Crippen molar-refractivity contribution >= 4 is 38.5 Å². The van der Waals surface area contributed by atoms with Crippen LogP contribution in [0.1, 0.15) is 16.2 Å². The number of hydrogen-bond donors (Lipinski definition) is 0. The topological polar surface area (TPSA) is 72.3 Å². The SMILES string of the molecule is Cn1ccnc1CCN1C(=O)c2cc(I)ccc2S1(=O)=O. The van der Waals surface area contributed by atoms with Gasteiger partial charge in [-0.3, -0.25) is 4.79 Å². The molecule has 0 fully saturated rings. The lowest BCUT2D eigenvalue weighted by Gasteiger charge is -2.14. The number of imidazole rings is 1. The summed E-state index contributed by atoms with van der Waals surface area (Å²) in [7, 11) is -1.90. The molecule has 0 aliphatic carbocycles. The van der Waals surface area contributed by atoms with Gasteiger partial charge < -0.3 is 4.57 Å². The fraction of sp³-hybridized carbons (Fsp3) is 0.231. The van der Waals surface area contributed by atoms with E-state index in [0.717, 1.165) is 13.7 Å². The van der Waals surface area contributed by atoms with Gasteiger partial charge in [0.1, 0.15) is 10.7 Å². The second kappa shape index (κ2) is 5.09. The molecule has 2 heterocycles. The molecule has 1 aromatic carbocycles. The summed E-state index contributed by atoms with van der Waals surface area (Å²) in [6.07, 6.45) is 3.82. The number of carbonyl (C=O) groups is 1. The van der Waals surface area contributed by atoms with Gasteiger partial charge in [0.05, 0.1) is 5.56 Å². The lowest BCUT2D eigenvalue weighted by atomic mass is 10.2. The van der Waals surface area contributed by atoms with E-state index in [1.165, 1.54) is 6.07 Å². The predicted octanol–water partition coefficient (Wildman–Crippen LogP) is 1.41. The highest BCUT2D eigenvalue weighted by Gasteiger charge is 2.40. The standard InChI is InChI=1S/C13H12IN3O3S/c1-16-7-5-15-12(16)4-6-17-13(18)10-8-9(14)2-3-11(10)21(17,19)20/h2-3,5,7-8H,4,6H2,1H3. The van der Waals surface area contributed by atoms with Crippen LogP contribution in [0.2, 0.25) is 0 Å². The van der Waals surface area contributed by atoms with E-state index in [1.54, 1.807) is 24.5 Å². The van der Waals surface area contributed by atoms with Gasteiger partial charge in [0, 0.05) is 36.0 Å². The molecule has 0 bridgehead atoms. The number of aryl methyl sites for hydroxylation is 1. The molecule has 0 atom stereocenters. The largest absolute Gasteiger partial charge is 0.338 e. The van der Waals surface area contributed by atoms with Crippen LogP contribution in [0.5, 0.6) is 0 Å². The van der Waals surface area contributed by atoms with Crippen LogP contribution in [0, 0.1) is 3.57 Å². The number of sulfonamides is 1. The monoisotopic (exact) mass is 417 g/mol. The molecule has 110 valence electrons. The van der Waals surface area contributed by atoms with Gasteiger partial charge in [0.15, 0.2) is 0 Å². The molecule has 8 heteroatoms. The Hall–Kier alpha value is -1.42. The molecule has 3 rings (SSSR count). The van der Waals surface area contributed by atoms with Crippen molar-refractivity contribution in [3.63, 3.8) is 0 Å². The maximum absolute atomic E-state index is 12.4. The molecule has 6 nitrogen and oxygen atoms in total. The van der Waals surface area contributed by atoms with Crippen molar-refractivity contribution in [2.24, 2.45) is 7.05 Å². The maximum Gasteiger partial charge on any atom is 0.269 e. The van der Waals surface area contributed by atoms with E-state index in [9.17, 15) is 13.2 Å².